The van der Waals surface area contributed by atoms with Crippen LogP contribution in [0.15, 0.2) is 0 Å². The SMILES string of the molecule is CCCC[O][Al]([O]C(C)CC)[O]C(C)CC. The summed E-state index contributed by atoms with van der Waals surface area (Å²) in [6.07, 6.45) is 4.71. The van der Waals surface area contributed by atoms with Crippen LogP contribution in [0.3, 0.4) is 0 Å². The largest absolute Gasteiger partial charge is 0.906 e. The molecule has 0 aromatic rings. The van der Waals surface area contributed by atoms with Gasteiger partial charge in [0.25, 0.3) is 0 Å². The average molecular weight is 246 g/mol. The van der Waals surface area contributed by atoms with Crippen LogP contribution in [0.4, 0.5) is 0 Å². The first kappa shape index (κ1) is 16.4. The Labute approximate surface area is 106 Å². The zero-order valence-corrected chi connectivity index (χ0v) is 12.6. The highest BCUT2D eigenvalue weighted by Gasteiger charge is 2.34. The lowest BCUT2D eigenvalue weighted by Gasteiger charge is -2.20. The summed E-state index contributed by atoms with van der Waals surface area (Å²) < 4.78 is 17.3. The second kappa shape index (κ2) is 10.6. The maximum absolute atomic E-state index is 5.81. The Morgan fingerprint density at radius 1 is 0.938 bits per heavy atom. The first-order valence-electron chi connectivity index (χ1n) is 6.56. The Hall–Kier alpha value is 0.412. The maximum Gasteiger partial charge on any atom is 0.906 e. The number of rotatable bonds is 10. The topological polar surface area (TPSA) is 27.7 Å². The molecule has 0 aliphatic carbocycles. The van der Waals surface area contributed by atoms with Crippen molar-refractivity contribution in [2.75, 3.05) is 6.61 Å². The van der Waals surface area contributed by atoms with E-state index in [0.717, 1.165) is 32.3 Å². The van der Waals surface area contributed by atoms with Gasteiger partial charge in [-0.3, -0.25) is 0 Å². The molecule has 0 amide bonds. The Morgan fingerprint density at radius 2 is 1.44 bits per heavy atom. The van der Waals surface area contributed by atoms with Crippen LogP contribution >= 0.6 is 0 Å². The number of unbranched alkanes of at least 4 members (excludes halogenated alkanes) is 1. The van der Waals surface area contributed by atoms with Crippen molar-refractivity contribution >= 4 is 15.1 Å². The predicted octanol–water partition coefficient (Wildman–Crippen LogP) is 3.42. The summed E-state index contributed by atoms with van der Waals surface area (Å²) >= 11 is -1.92. The smallest absolute Gasteiger partial charge is 0.454 e. The van der Waals surface area contributed by atoms with Gasteiger partial charge in [0.15, 0.2) is 0 Å². The van der Waals surface area contributed by atoms with E-state index in [1.54, 1.807) is 0 Å². The Kier molecular flexibility index (Phi) is 10.8. The van der Waals surface area contributed by atoms with Crippen molar-refractivity contribution in [3.63, 3.8) is 0 Å². The predicted molar refractivity (Wildman–Crippen MR) is 68.3 cm³/mol. The van der Waals surface area contributed by atoms with E-state index in [9.17, 15) is 0 Å². The molecule has 0 saturated carbocycles. The fraction of sp³-hybridized carbons (Fsp3) is 1.00. The first-order valence-corrected chi connectivity index (χ1v) is 7.97. The van der Waals surface area contributed by atoms with Gasteiger partial charge in [0.1, 0.15) is 0 Å². The van der Waals surface area contributed by atoms with Crippen molar-refractivity contribution in [2.24, 2.45) is 0 Å². The van der Waals surface area contributed by atoms with Crippen molar-refractivity contribution < 1.29 is 11.4 Å². The molecule has 0 heterocycles. The van der Waals surface area contributed by atoms with E-state index in [0.29, 0.717) is 0 Å². The van der Waals surface area contributed by atoms with E-state index in [1.165, 1.54) is 0 Å². The van der Waals surface area contributed by atoms with E-state index >= 15 is 0 Å². The summed E-state index contributed by atoms with van der Waals surface area (Å²) in [6.45, 7) is 11.3. The molecule has 2 atom stereocenters. The molecule has 0 N–H and O–H groups in total. The molecule has 2 unspecified atom stereocenters. The zero-order chi connectivity index (χ0) is 12.4. The molecule has 0 aromatic heterocycles. The summed E-state index contributed by atoms with van der Waals surface area (Å²) in [5.41, 5.74) is 0. The molecule has 0 saturated heterocycles. The highest BCUT2D eigenvalue weighted by atomic mass is 27.3. The first-order chi connectivity index (χ1) is 7.63. The Morgan fingerprint density at radius 3 is 1.81 bits per heavy atom. The second-order valence-electron chi connectivity index (χ2n) is 4.22. The lowest BCUT2D eigenvalue weighted by molar-refractivity contribution is 0.0376. The standard InChI is InChI=1S/3C4H9O.Al/c2*1-3-4(2)5;1-2-3-4-5;/h2*4H,3H2,1-2H3;2-4H2,1H3;/q3*-1;+3. The zero-order valence-electron chi connectivity index (χ0n) is 11.5. The van der Waals surface area contributed by atoms with Crippen molar-refractivity contribution in [1.82, 2.24) is 0 Å². The fourth-order valence-electron chi connectivity index (χ4n) is 1.01. The summed E-state index contributed by atoms with van der Waals surface area (Å²) in [5.74, 6) is 0. The van der Waals surface area contributed by atoms with Gasteiger partial charge in [-0.15, -0.1) is 0 Å². The number of hydrogen-bond donors (Lipinski definition) is 0. The van der Waals surface area contributed by atoms with Gasteiger partial charge in [-0.05, 0) is 33.1 Å². The molecular formula is C12H27AlO3. The average Bonchev–Trinajstić information content (AvgIpc) is 2.28. The van der Waals surface area contributed by atoms with E-state index in [1.807, 2.05) is 0 Å². The van der Waals surface area contributed by atoms with Crippen LogP contribution in [0.2, 0.25) is 0 Å². The van der Waals surface area contributed by atoms with E-state index in [4.69, 9.17) is 11.4 Å². The summed E-state index contributed by atoms with van der Waals surface area (Å²) in [6, 6.07) is 0. The minimum Gasteiger partial charge on any atom is -0.454 e. The van der Waals surface area contributed by atoms with Crippen molar-refractivity contribution in [3.05, 3.63) is 0 Å². The third-order valence-corrected chi connectivity index (χ3v) is 4.47. The van der Waals surface area contributed by atoms with Gasteiger partial charge in [-0.25, -0.2) is 0 Å². The highest BCUT2D eigenvalue weighted by Crippen LogP contribution is 2.07. The van der Waals surface area contributed by atoms with Crippen molar-refractivity contribution in [1.29, 1.82) is 0 Å². The van der Waals surface area contributed by atoms with Gasteiger partial charge >= 0.3 is 15.1 Å². The van der Waals surface area contributed by atoms with Gasteiger partial charge < -0.3 is 11.4 Å². The van der Waals surface area contributed by atoms with Crippen LogP contribution < -0.4 is 0 Å². The molecule has 0 aliphatic heterocycles. The van der Waals surface area contributed by atoms with Gasteiger partial charge in [0.2, 0.25) is 0 Å². The van der Waals surface area contributed by atoms with Crippen LogP contribution in [0, 0.1) is 0 Å². The molecule has 96 valence electrons. The van der Waals surface area contributed by atoms with Crippen LogP contribution in [0.5, 0.6) is 0 Å². The lowest BCUT2D eigenvalue weighted by Crippen LogP contribution is -2.34. The van der Waals surface area contributed by atoms with Gasteiger partial charge in [0.05, 0.1) is 0 Å². The molecule has 0 fully saturated rings. The third-order valence-electron chi connectivity index (χ3n) is 2.59. The molecule has 4 heteroatoms. The molecule has 0 aromatic carbocycles. The van der Waals surface area contributed by atoms with Crippen LogP contribution in [-0.2, 0) is 11.4 Å². The summed E-state index contributed by atoms with van der Waals surface area (Å²) in [4.78, 5) is 0. The van der Waals surface area contributed by atoms with E-state index in [-0.39, 0.29) is 12.2 Å². The van der Waals surface area contributed by atoms with E-state index < -0.39 is 15.1 Å². The lowest BCUT2D eigenvalue weighted by atomic mass is 10.3. The molecule has 0 spiro atoms. The molecule has 16 heavy (non-hydrogen) atoms. The summed E-state index contributed by atoms with van der Waals surface area (Å²) in [5, 5.41) is 0. The normalized spacial score (nSPS) is 14.8. The molecule has 0 rings (SSSR count). The number of hydrogen-bond acceptors (Lipinski definition) is 3. The van der Waals surface area contributed by atoms with Gasteiger partial charge in [0, 0.05) is 18.8 Å². The summed E-state index contributed by atoms with van der Waals surface area (Å²) in [7, 11) is 0. The molecule has 0 aliphatic rings. The van der Waals surface area contributed by atoms with Crippen LogP contribution in [0.1, 0.15) is 60.3 Å². The monoisotopic (exact) mass is 246 g/mol. The van der Waals surface area contributed by atoms with Crippen molar-refractivity contribution in [3.8, 4) is 0 Å². The van der Waals surface area contributed by atoms with E-state index in [2.05, 4.69) is 34.6 Å². The molecular weight excluding hydrogens is 219 g/mol. The molecule has 0 bridgehead atoms. The Bertz CT molecular complexity index is 143. The fourth-order valence-corrected chi connectivity index (χ4v) is 2.73. The third kappa shape index (κ3) is 8.55. The van der Waals surface area contributed by atoms with Crippen molar-refractivity contribution in [2.45, 2.75) is 72.5 Å². The minimum absolute atomic E-state index is 0.238. The molecule has 0 radical (unpaired) electrons. The highest BCUT2D eigenvalue weighted by molar-refractivity contribution is 6.36. The van der Waals surface area contributed by atoms with Crippen LogP contribution in [-0.4, -0.2) is 34.0 Å². The minimum atomic E-state index is -1.92. The maximum atomic E-state index is 5.81. The van der Waals surface area contributed by atoms with Crippen LogP contribution in [0.25, 0.3) is 0 Å². The second-order valence-corrected chi connectivity index (χ2v) is 5.68. The Balaban J connectivity index is 3.94. The van der Waals surface area contributed by atoms with Gasteiger partial charge in [-0.1, -0.05) is 27.2 Å². The quantitative estimate of drug-likeness (QED) is 0.436. The van der Waals surface area contributed by atoms with Gasteiger partial charge in [-0.2, -0.15) is 0 Å². The molecule has 3 nitrogen and oxygen atoms in total.